The Morgan fingerprint density at radius 1 is 1.67 bits per heavy atom. The number of ether oxygens (including phenoxy) is 3. The molecule has 1 aliphatic rings. The van der Waals surface area contributed by atoms with E-state index in [0.29, 0.717) is 6.47 Å². The molecule has 0 saturated carbocycles. The van der Waals surface area contributed by atoms with Gasteiger partial charge in [0.2, 0.25) is 0 Å². The van der Waals surface area contributed by atoms with Crippen LogP contribution < -0.4 is 0 Å². The maximum atomic E-state index is 10.6. The Kier molecular flexibility index (Phi) is 6.88. The molecule has 0 radical (unpaired) electrons. The first kappa shape index (κ1) is 15.7. The molecule has 0 aromatic heterocycles. The van der Waals surface area contributed by atoms with Crippen LogP contribution in [0, 0.1) is 5.92 Å². The molecule has 0 aromatic rings. The molecule has 0 N–H and O–H groups in total. The van der Waals surface area contributed by atoms with Crippen LogP contribution in [0.1, 0.15) is 13.3 Å². The van der Waals surface area contributed by atoms with Crippen LogP contribution in [0.25, 0.3) is 0 Å². The minimum absolute atomic E-state index is 0.00107. The van der Waals surface area contributed by atoms with Crippen molar-refractivity contribution in [1.82, 2.24) is 0 Å². The Morgan fingerprint density at radius 2 is 2.39 bits per heavy atom. The zero-order valence-electron chi connectivity index (χ0n) is 10.7. The van der Waals surface area contributed by atoms with E-state index in [1.165, 1.54) is 0 Å². The largest absolute Gasteiger partial charge is 0.460 e. The molecule has 0 unspecified atom stereocenters. The van der Waals surface area contributed by atoms with E-state index in [9.17, 15) is 4.79 Å². The minimum atomic E-state index is -0.229. The molecule has 0 aromatic carbocycles. The topological polar surface area (TPSA) is 44.8 Å². The number of carbonyl (C=O) groups is 1. The predicted molar refractivity (Wildman–Crippen MR) is 77.6 cm³/mol. The molecule has 18 heavy (non-hydrogen) atoms. The van der Waals surface area contributed by atoms with Crippen molar-refractivity contribution in [3.8, 4) is 0 Å². The molecule has 0 bridgehead atoms. The zero-order valence-corrected chi connectivity index (χ0v) is 12.9. The summed E-state index contributed by atoms with van der Waals surface area (Å²) in [6.45, 7) is 6.79. The van der Waals surface area contributed by atoms with Crippen molar-refractivity contribution in [2.24, 2.45) is 5.92 Å². The second-order valence-corrected chi connectivity index (χ2v) is 5.07. The maximum Gasteiger partial charge on any atom is 0.293 e. The number of methoxy groups -OCH3 is 1. The number of hydrogen-bond acceptors (Lipinski definition) is 4. The normalized spacial score (nSPS) is 27.5. The fourth-order valence-electron chi connectivity index (χ4n) is 2.08. The van der Waals surface area contributed by atoms with Gasteiger partial charge in [-0.05, 0) is 25.0 Å². The lowest BCUT2D eigenvalue weighted by molar-refractivity contribution is -0.134. The van der Waals surface area contributed by atoms with Gasteiger partial charge in [-0.1, -0.05) is 34.7 Å². The van der Waals surface area contributed by atoms with Gasteiger partial charge in [-0.15, -0.1) is 0 Å². The number of alkyl halides is 1. The number of rotatable bonds is 7. The lowest BCUT2D eigenvalue weighted by Crippen LogP contribution is -2.35. The van der Waals surface area contributed by atoms with E-state index in [1.807, 2.05) is 13.0 Å². The van der Waals surface area contributed by atoms with Crippen LogP contribution in [0.2, 0.25) is 0 Å². The third kappa shape index (κ3) is 4.07. The lowest BCUT2D eigenvalue weighted by atomic mass is 9.82. The van der Waals surface area contributed by atoms with Gasteiger partial charge in [-0.25, -0.2) is 0 Å². The predicted octanol–water partition coefficient (Wildman–Crippen LogP) is 2.47. The van der Waals surface area contributed by atoms with Crippen LogP contribution in [-0.4, -0.2) is 37.0 Å². The van der Waals surface area contributed by atoms with E-state index in [1.54, 1.807) is 7.11 Å². The van der Waals surface area contributed by atoms with E-state index in [2.05, 4.69) is 29.2 Å². The van der Waals surface area contributed by atoms with Gasteiger partial charge < -0.3 is 14.2 Å². The van der Waals surface area contributed by atoms with Crippen LogP contribution >= 0.6 is 22.6 Å². The van der Waals surface area contributed by atoms with E-state index in [4.69, 9.17) is 14.2 Å². The summed E-state index contributed by atoms with van der Waals surface area (Å²) < 4.78 is 16.5. The number of carbonyl (C=O) groups excluding carboxylic acids is 1. The second-order valence-electron chi connectivity index (χ2n) is 4.30. The first-order valence-corrected chi connectivity index (χ1v) is 7.28. The third-order valence-electron chi connectivity index (χ3n) is 3.10. The highest BCUT2D eigenvalue weighted by atomic mass is 127. The van der Waals surface area contributed by atoms with Crippen LogP contribution in [0.15, 0.2) is 23.8 Å². The quantitative estimate of drug-likeness (QED) is 0.228. The summed E-state index contributed by atoms with van der Waals surface area (Å²) in [5, 5.41) is 0. The smallest absolute Gasteiger partial charge is 0.293 e. The van der Waals surface area contributed by atoms with Crippen molar-refractivity contribution in [3.63, 3.8) is 0 Å². The van der Waals surface area contributed by atoms with Crippen LogP contribution in [0.5, 0.6) is 0 Å². The summed E-state index contributed by atoms with van der Waals surface area (Å²) in [7, 11) is 1.60. The number of hydrogen-bond donors (Lipinski definition) is 0. The summed E-state index contributed by atoms with van der Waals surface area (Å²) in [5.74, 6) is 0.109. The molecular formula is C13H19IO4. The molecule has 0 amide bonds. The van der Waals surface area contributed by atoms with Crippen LogP contribution in [0.3, 0.4) is 0 Å². The number of halogens is 1. The molecule has 4 nitrogen and oxygen atoms in total. The van der Waals surface area contributed by atoms with Gasteiger partial charge in [0, 0.05) is 17.5 Å². The SMILES string of the molecule is C=C(CI)[C@H]1C[C@@H](OCOC)C(C)=C[C@H]1OC=O. The molecule has 0 fully saturated rings. The van der Waals surface area contributed by atoms with E-state index >= 15 is 0 Å². The van der Waals surface area contributed by atoms with E-state index in [-0.39, 0.29) is 24.9 Å². The van der Waals surface area contributed by atoms with Crippen molar-refractivity contribution in [2.45, 2.75) is 25.6 Å². The molecule has 1 rings (SSSR count). The molecule has 1 aliphatic carbocycles. The average Bonchev–Trinajstić information content (AvgIpc) is 2.37. The standard InChI is InChI=1S/C13H19IO4/c1-9-4-13(17-7-15)11(10(2)6-14)5-12(9)18-8-16-3/h4,7,11-13H,2,5-6,8H2,1,3H3/t11-,12-,13-/m1/s1. The minimum Gasteiger partial charge on any atom is -0.460 e. The van der Waals surface area contributed by atoms with Gasteiger partial charge in [0.25, 0.3) is 6.47 Å². The van der Waals surface area contributed by atoms with Gasteiger partial charge >= 0.3 is 0 Å². The summed E-state index contributed by atoms with van der Waals surface area (Å²) >= 11 is 2.27. The first-order valence-electron chi connectivity index (χ1n) is 5.75. The fraction of sp³-hybridized carbons (Fsp3) is 0.615. The Morgan fingerprint density at radius 3 is 2.94 bits per heavy atom. The van der Waals surface area contributed by atoms with Crippen molar-refractivity contribution in [1.29, 1.82) is 0 Å². The Labute approximate surface area is 121 Å². The monoisotopic (exact) mass is 366 g/mol. The van der Waals surface area contributed by atoms with Crippen molar-refractivity contribution in [3.05, 3.63) is 23.8 Å². The average molecular weight is 366 g/mol. The first-order chi connectivity index (χ1) is 8.63. The van der Waals surface area contributed by atoms with Gasteiger partial charge in [-0.3, -0.25) is 4.79 Å². The Bertz CT molecular complexity index is 327. The fourth-order valence-corrected chi connectivity index (χ4v) is 2.64. The summed E-state index contributed by atoms with van der Waals surface area (Å²) in [4.78, 5) is 10.6. The van der Waals surface area contributed by atoms with E-state index in [0.717, 1.165) is 22.0 Å². The third-order valence-corrected chi connectivity index (χ3v) is 4.08. The highest BCUT2D eigenvalue weighted by molar-refractivity contribution is 14.1. The molecule has 102 valence electrons. The van der Waals surface area contributed by atoms with E-state index < -0.39 is 0 Å². The molecular weight excluding hydrogens is 347 g/mol. The zero-order chi connectivity index (χ0) is 13.5. The van der Waals surface area contributed by atoms with Crippen LogP contribution in [0.4, 0.5) is 0 Å². The van der Waals surface area contributed by atoms with Crippen LogP contribution in [-0.2, 0) is 19.0 Å². The molecule has 5 heteroatoms. The van der Waals surface area contributed by atoms with Gasteiger partial charge in [0.05, 0.1) is 6.10 Å². The lowest BCUT2D eigenvalue weighted by Gasteiger charge is -2.34. The molecule has 3 atom stereocenters. The Balaban J connectivity index is 2.81. The van der Waals surface area contributed by atoms with Crippen molar-refractivity contribution in [2.75, 3.05) is 18.3 Å². The highest BCUT2D eigenvalue weighted by Gasteiger charge is 2.32. The summed E-state index contributed by atoms with van der Waals surface area (Å²) in [6.07, 6.45) is 2.49. The Hall–Kier alpha value is -0.400. The summed E-state index contributed by atoms with van der Waals surface area (Å²) in [5.41, 5.74) is 2.13. The molecule has 0 aliphatic heterocycles. The molecule has 0 saturated heterocycles. The van der Waals surface area contributed by atoms with Gasteiger partial charge in [0.1, 0.15) is 12.9 Å². The maximum absolute atomic E-state index is 10.6. The van der Waals surface area contributed by atoms with Gasteiger partial charge in [0.15, 0.2) is 0 Å². The van der Waals surface area contributed by atoms with Crippen molar-refractivity contribution < 1.29 is 19.0 Å². The molecule has 0 spiro atoms. The second kappa shape index (κ2) is 7.91. The van der Waals surface area contributed by atoms with Crippen molar-refractivity contribution >= 4 is 29.1 Å². The highest BCUT2D eigenvalue weighted by Crippen LogP contribution is 2.33. The van der Waals surface area contributed by atoms with Gasteiger partial charge in [-0.2, -0.15) is 0 Å². The summed E-state index contributed by atoms with van der Waals surface area (Å²) in [6, 6.07) is 0. The molecule has 0 heterocycles.